The smallest absolute Gasteiger partial charge is 0.329 e. The first-order valence-corrected chi connectivity index (χ1v) is 6.42. The average Bonchev–Trinajstić information content (AvgIpc) is 2.37. The van der Waals surface area contributed by atoms with Crippen LogP contribution < -0.4 is 0 Å². The van der Waals surface area contributed by atoms with Gasteiger partial charge in [0, 0.05) is 13.7 Å². The van der Waals surface area contributed by atoms with Gasteiger partial charge in [-0.2, -0.15) is 0 Å². The van der Waals surface area contributed by atoms with E-state index in [1.165, 1.54) is 12.0 Å². The van der Waals surface area contributed by atoms with E-state index in [-0.39, 0.29) is 5.91 Å². The Morgan fingerprint density at radius 2 is 2.06 bits per heavy atom. The van der Waals surface area contributed by atoms with Crippen LogP contribution in [0.2, 0.25) is 0 Å². The number of aliphatic carboxylic acids is 1. The summed E-state index contributed by atoms with van der Waals surface area (Å²) >= 11 is 0. The highest BCUT2D eigenvalue weighted by molar-refractivity contribution is 5.91. The molecule has 0 bridgehead atoms. The first kappa shape index (κ1) is 15.0. The van der Waals surface area contributed by atoms with Crippen molar-refractivity contribution in [2.24, 2.45) is 0 Å². The van der Waals surface area contributed by atoms with Crippen LogP contribution in [-0.4, -0.2) is 46.7 Å². The maximum Gasteiger partial charge on any atom is 0.329 e. The fourth-order valence-corrected chi connectivity index (χ4v) is 2.34. The van der Waals surface area contributed by atoms with Crippen LogP contribution in [-0.2, 0) is 14.3 Å². The van der Waals surface area contributed by atoms with Crippen molar-refractivity contribution in [3.8, 4) is 0 Å². The van der Waals surface area contributed by atoms with Gasteiger partial charge in [-0.3, -0.25) is 4.79 Å². The summed E-state index contributed by atoms with van der Waals surface area (Å²) in [5.41, 5.74) is -2.04. The number of amides is 1. The van der Waals surface area contributed by atoms with Gasteiger partial charge in [-0.15, -0.1) is 0 Å². The lowest BCUT2D eigenvalue weighted by Crippen LogP contribution is -2.62. The van der Waals surface area contributed by atoms with E-state index in [4.69, 9.17) is 4.74 Å². The van der Waals surface area contributed by atoms with Gasteiger partial charge in [0.2, 0.25) is 0 Å². The molecule has 2 atom stereocenters. The number of ether oxygens (including phenoxy) is 1. The highest BCUT2D eigenvalue weighted by Crippen LogP contribution is 2.32. The monoisotopic (exact) mass is 257 g/mol. The Morgan fingerprint density at radius 3 is 2.50 bits per heavy atom. The van der Waals surface area contributed by atoms with E-state index in [1.807, 2.05) is 6.92 Å². The number of carbonyl (C=O) groups excluding carboxylic acids is 1. The molecule has 1 amide bonds. The molecule has 104 valence electrons. The molecule has 0 aromatic heterocycles. The van der Waals surface area contributed by atoms with E-state index in [0.717, 1.165) is 12.8 Å². The Bertz CT molecular complexity index is 338. The molecule has 0 saturated carbocycles. The van der Waals surface area contributed by atoms with E-state index >= 15 is 0 Å². The predicted octanol–water partition coefficient (Wildman–Crippen LogP) is 1.66. The molecule has 18 heavy (non-hydrogen) atoms. The summed E-state index contributed by atoms with van der Waals surface area (Å²) in [5, 5.41) is 9.39. The standard InChI is InChI=1S/C13H23NO4/c1-5-13(3,18-4)10(15)14-9-7-6-8-12(14,2)11(16)17/h5-9H2,1-4H3,(H,16,17). The number of carbonyl (C=O) groups is 2. The Kier molecular flexibility index (Phi) is 4.37. The Morgan fingerprint density at radius 1 is 1.44 bits per heavy atom. The lowest BCUT2D eigenvalue weighted by molar-refractivity contribution is -0.172. The van der Waals surface area contributed by atoms with Crippen LogP contribution in [0.25, 0.3) is 0 Å². The highest BCUT2D eigenvalue weighted by Gasteiger charge is 2.48. The van der Waals surface area contributed by atoms with Crippen LogP contribution >= 0.6 is 0 Å². The van der Waals surface area contributed by atoms with E-state index in [1.54, 1.807) is 13.8 Å². The van der Waals surface area contributed by atoms with Crippen LogP contribution in [0.5, 0.6) is 0 Å². The summed E-state index contributed by atoms with van der Waals surface area (Å²) in [6.45, 7) is 5.69. The van der Waals surface area contributed by atoms with Gasteiger partial charge in [-0.05, 0) is 39.5 Å². The van der Waals surface area contributed by atoms with Gasteiger partial charge in [-0.25, -0.2) is 4.79 Å². The van der Waals surface area contributed by atoms with Gasteiger partial charge in [0.1, 0.15) is 11.1 Å². The number of carboxylic acid groups (broad SMARTS) is 1. The first-order chi connectivity index (χ1) is 8.31. The summed E-state index contributed by atoms with van der Waals surface area (Å²) < 4.78 is 5.29. The molecule has 1 heterocycles. The molecule has 5 heteroatoms. The van der Waals surface area contributed by atoms with Crippen molar-refractivity contribution in [1.29, 1.82) is 0 Å². The normalized spacial score (nSPS) is 27.7. The minimum atomic E-state index is -1.11. The largest absolute Gasteiger partial charge is 0.480 e. The van der Waals surface area contributed by atoms with Crippen LogP contribution in [0.15, 0.2) is 0 Å². The van der Waals surface area contributed by atoms with Gasteiger partial charge in [0.25, 0.3) is 5.91 Å². The van der Waals surface area contributed by atoms with Crippen LogP contribution in [0.3, 0.4) is 0 Å². The second-order valence-corrected chi connectivity index (χ2v) is 5.28. The number of hydrogen-bond donors (Lipinski definition) is 1. The van der Waals surface area contributed by atoms with Gasteiger partial charge in [0.05, 0.1) is 0 Å². The lowest BCUT2D eigenvalue weighted by Gasteiger charge is -2.45. The van der Waals surface area contributed by atoms with Crippen LogP contribution in [0, 0.1) is 0 Å². The molecule has 1 aliphatic heterocycles. The Labute approximate surface area is 108 Å². The number of hydrogen-bond acceptors (Lipinski definition) is 3. The summed E-state index contributed by atoms with van der Waals surface area (Å²) in [4.78, 5) is 25.5. The van der Waals surface area contributed by atoms with Gasteiger partial charge in [0.15, 0.2) is 0 Å². The fourth-order valence-electron chi connectivity index (χ4n) is 2.34. The van der Waals surface area contributed by atoms with Gasteiger partial charge in [-0.1, -0.05) is 6.92 Å². The van der Waals surface area contributed by atoms with Crippen molar-refractivity contribution in [1.82, 2.24) is 4.90 Å². The quantitative estimate of drug-likeness (QED) is 0.831. The molecule has 1 aliphatic rings. The number of methoxy groups -OCH3 is 1. The summed E-state index contributed by atoms with van der Waals surface area (Å²) in [6.07, 6.45) is 2.70. The zero-order valence-corrected chi connectivity index (χ0v) is 11.7. The molecule has 1 saturated heterocycles. The van der Waals surface area contributed by atoms with Crippen molar-refractivity contribution in [3.05, 3.63) is 0 Å². The van der Waals surface area contributed by atoms with Gasteiger partial charge < -0.3 is 14.7 Å². The molecule has 0 aliphatic carbocycles. The molecular formula is C13H23NO4. The lowest BCUT2D eigenvalue weighted by atomic mass is 9.86. The van der Waals surface area contributed by atoms with E-state index in [0.29, 0.717) is 19.4 Å². The van der Waals surface area contributed by atoms with Crippen molar-refractivity contribution in [3.63, 3.8) is 0 Å². The predicted molar refractivity (Wildman–Crippen MR) is 67.3 cm³/mol. The molecule has 1 rings (SSSR count). The molecule has 2 unspecified atom stereocenters. The van der Waals surface area contributed by atoms with Crippen LogP contribution in [0.1, 0.15) is 46.5 Å². The number of piperidine rings is 1. The van der Waals surface area contributed by atoms with E-state index in [2.05, 4.69) is 0 Å². The number of nitrogens with zero attached hydrogens (tertiary/aromatic N) is 1. The first-order valence-electron chi connectivity index (χ1n) is 6.42. The zero-order valence-electron chi connectivity index (χ0n) is 11.7. The SMILES string of the molecule is CCC(C)(OC)C(=O)N1CCCCC1(C)C(=O)O. The molecule has 1 N–H and O–H groups in total. The molecule has 1 fully saturated rings. The van der Waals surface area contributed by atoms with Crippen molar-refractivity contribution in [2.75, 3.05) is 13.7 Å². The minimum Gasteiger partial charge on any atom is -0.480 e. The fraction of sp³-hybridized carbons (Fsp3) is 0.846. The third kappa shape index (κ3) is 2.36. The molecule has 0 aromatic rings. The van der Waals surface area contributed by atoms with E-state index < -0.39 is 17.1 Å². The summed E-state index contributed by atoms with van der Waals surface area (Å²) in [7, 11) is 1.49. The molecule has 0 aromatic carbocycles. The molecule has 5 nitrogen and oxygen atoms in total. The van der Waals surface area contributed by atoms with Crippen molar-refractivity contribution < 1.29 is 19.4 Å². The second kappa shape index (κ2) is 5.26. The third-order valence-corrected chi connectivity index (χ3v) is 4.17. The van der Waals surface area contributed by atoms with Crippen LogP contribution in [0.4, 0.5) is 0 Å². The van der Waals surface area contributed by atoms with Crippen molar-refractivity contribution in [2.45, 2.75) is 57.6 Å². The average molecular weight is 257 g/mol. The molecule has 0 spiro atoms. The molecular weight excluding hydrogens is 234 g/mol. The number of carboxylic acids is 1. The van der Waals surface area contributed by atoms with E-state index in [9.17, 15) is 14.7 Å². The van der Waals surface area contributed by atoms with Gasteiger partial charge >= 0.3 is 5.97 Å². The summed E-state index contributed by atoms with van der Waals surface area (Å²) in [6, 6.07) is 0. The topological polar surface area (TPSA) is 66.8 Å². The Balaban J connectivity index is 3.05. The number of rotatable bonds is 4. The maximum atomic E-state index is 12.5. The Hall–Kier alpha value is -1.10. The summed E-state index contributed by atoms with van der Waals surface area (Å²) in [5.74, 6) is -1.16. The number of likely N-dealkylation sites (tertiary alicyclic amines) is 1. The zero-order chi connectivity index (χ0) is 14.0. The highest BCUT2D eigenvalue weighted by atomic mass is 16.5. The van der Waals surface area contributed by atoms with Crippen molar-refractivity contribution >= 4 is 11.9 Å². The maximum absolute atomic E-state index is 12.5. The minimum absolute atomic E-state index is 0.225. The second-order valence-electron chi connectivity index (χ2n) is 5.28. The third-order valence-electron chi connectivity index (χ3n) is 4.17. The molecule has 0 radical (unpaired) electrons.